The summed E-state index contributed by atoms with van der Waals surface area (Å²) in [5.74, 6) is -0.287. The van der Waals surface area contributed by atoms with E-state index in [4.69, 9.17) is 17.3 Å². The van der Waals surface area contributed by atoms with Gasteiger partial charge in [0, 0.05) is 33.7 Å². The standard InChI is InChI=1S/C11H19ClN4O/c1-15(2)11(17)10(13)9(12)8-7-16(3)6-4-5-14-8/h4-7,13H2,1-3H3/b10-9+. The molecule has 0 radical (unpaired) electrons. The Morgan fingerprint density at radius 2 is 2.18 bits per heavy atom. The van der Waals surface area contributed by atoms with Crippen LogP contribution in [0.5, 0.6) is 0 Å². The second-order valence-corrected chi connectivity index (χ2v) is 4.72. The van der Waals surface area contributed by atoms with Crippen LogP contribution in [-0.4, -0.2) is 62.2 Å². The van der Waals surface area contributed by atoms with Crippen molar-refractivity contribution in [3.8, 4) is 0 Å². The molecule has 0 aromatic carbocycles. The third-order valence-corrected chi connectivity index (χ3v) is 2.97. The van der Waals surface area contributed by atoms with Crippen LogP contribution in [0.4, 0.5) is 0 Å². The maximum atomic E-state index is 11.7. The van der Waals surface area contributed by atoms with E-state index in [2.05, 4.69) is 9.89 Å². The van der Waals surface area contributed by atoms with Crippen molar-refractivity contribution in [3.63, 3.8) is 0 Å². The highest BCUT2D eigenvalue weighted by atomic mass is 35.5. The third-order valence-electron chi connectivity index (χ3n) is 2.55. The van der Waals surface area contributed by atoms with Gasteiger partial charge in [0.25, 0.3) is 5.91 Å². The molecule has 1 rings (SSSR count). The molecule has 0 aromatic rings. The van der Waals surface area contributed by atoms with Crippen LogP contribution >= 0.6 is 11.6 Å². The summed E-state index contributed by atoms with van der Waals surface area (Å²) >= 11 is 6.14. The van der Waals surface area contributed by atoms with E-state index in [1.165, 1.54) is 4.90 Å². The number of likely N-dealkylation sites (N-methyl/N-ethyl adjacent to an activating group) is 1. The fourth-order valence-corrected chi connectivity index (χ4v) is 1.77. The molecule has 0 spiro atoms. The Hall–Kier alpha value is -1.07. The Morgan fingerprint density at radius 1 is 1.53 bits per heavy atom. The Balaban J connectivity index is 2.93. The summed E-state index contributed by atoms with van der Waals surface area (Å²) in [6.45, 7) is 2.32. The highest BCUT2D eigenvalue weighted by molar-refractivity contribution is 6.45. The largest absolute Gasteiger partial charge is 0.393 e. The highest BCUT2D eigenvalue weighted by Gasteiger charge is 2.18. The molecule has 17 heavy (non-hydrogen) atoms. The number of nitrogens with two attached hydrogens (primary N) is 1. The van der Waals surface area contributed by atoms with Crippen molar-refractivity contribution in [2.24, 2.45) is 10.7 Å². The van der Waals surface area contributed by atoms with Gasteiger partial charge in [-0.1, -0.05) is 11.6 Å². The molecule has 1 aliphatic heterocycles. The van der Waals surface area contributed by atoms with Crippen LogP contribution in [0, 0.1) is 0 Å². The van der Waals surface area contributed by atoms with E-state index in [0.717, 1.165) is 19.5 Å². The average Bonchev–Trinajstić information content (AvgIpc) is 2.50. The van der Waals surface area contributed by atoms with Crippen LogP contribution in [0.15, 0.2) is 15.7 Å². The predicted octanol–water partition coefficient (Wildman–Crippen LogP) is 0.260. The lowest BCUT2D eigenvalue weighted by Gasteiger charge is -2.16. The maximum Gasteiger partial charge on any atom is 0.270 e. The molecule has 0 unspecified atom stereocenters. The number of carbonyl (C=O) groups is 1. The zero-order valence-electron chi connectivity index (χ0n) is 10.5. The topological polar surface area (TPSA) is 61.9 Å². The zero-order valence-corrected chi connectivity index (χ0v) is 11.3. The fraction of sp³-hybridized carbons (Fsp3) is 0.636. The lowest BCUT2D eigenvalue weighted by Crippen LogP contribution is -2.31. The van der Waals surface area contributed by atoms with E-state index in [1.54, 1.807) is 14.1 Å². The van der Waals surface area contributed by atoms with Gasteiger partial charge < -0.3 is 15.5 Å². The number of halogens is 1. The van der Waals surface area contributed by atoms with E-state index < -0.39 is 0 Å². The number of hydrogen-bond acceptors (Lipinski definition) is 4. The van der Waals surface area contributed by atoms with Crippen molar-refractivity contribution in [1.29, 1.82) is 0 Å². The molecular formula is C11H19ClN4O. The first-order valence-electron chi connectivity index (χ1n) is 5.52. The van der Waals surface area contributed by atoms with Gasteiger partial charge in [0.2, 0.25) is 0 Å². The van der Waals surface area contributed by atoms with Crippen molar-refractivity contribution in [1.82, 2.24) is 9.80 Å². The second kappa shape index (κ2) is 6.02. The van der Waals surface area contributed by atoms with Crippen LogP contribution in [0.2, 0.25) is 0 Å². The summed E-state index contributed by atoms with van der Waals surface area (Å²) in [5.41, 5.74) is 6.50. The maximum absolute atomic E-state index is 11.7. The minimum absolute atomic E-state index is 0.0608. The summed E-state index contributed by atoms with van der Waals surface area (Å²) in [7, 11) is 5.27. The Labute approximate surface area is 107 Å². The van der Waals surface area contributed by atoms with Crippen molar-refractivity contribution in [2.75, 3.05) is 40.8 Å². The molecule has 6 heteroatoms. The van der Waals surface area contributed by atoms with Crippen molar-refractivity contribution in [3.05, 3.63) is 10.7 Å². The van der Waals surface area contributed by atoms with Gasteiger partial charge in [-0.05, 0) is 13.5 Å². The number of rotatable bonds is 2. The summed E-state index contributed by atoms with van der Waals surface area (Å²) in [5, 5.41) is 0.275. The summed E-state index contributed by atoms with van der Waals surface area (Å²) in [6.07, 6.45) is 0.992. The molecule has 0 saturated heterocycles. The number of aliphatic imine (C=N–C) groups is 1. The lowest BCUT2D eigenvalue weighted by atomic mass is 10.2. The van der Waals surface area contributed by atoms with E-state index in [-0.39, 0.29) is 16.6 Å². The van der Waals surface area contributed by atoms with Gasteiger partial charge >= 0.3 is 0 Å². The summed E-state index contributed by atoms with van der Waals surface area (Å²) in [6, 6.07) is 0. The number of carbonyl (C=O) groups excluding carboxylic acids is 1. The first kappa shape index (κ1) is 14.0. The van der Waals surface area contributed by atoms with Gasteiger partial charge in [0.1, 0.15) is 5.70 Å². The van der Waals surface area contributed by atoms with E-state index in [0.29, 0.717) is 12.3 Å². The minimum Gasteiger partial charge on any atom is -0.393 e. The molecule has 2 N–H and O–H groups in total. The van der Waals surface area contributed by atoms with Crippen molar-refractivity contribution >= 4 is 23.2 Å². The van der Waals surface area contributed by atoms with Crippen molar-refractivity contribution < 1.29 is 4.79 Å². The normalized spacial score (nSPS) is 19.2. The SMILES string of the molecule is CN1CCCN=C(/C(Cl)=C(\N)C(=O)N(C)C)C1. The lowest BCUT2D eigenvalue weighted by molar-refractivity contribution is -0.124. The zero-order chi connectivity index (χ0) is 13.0. The Bertz CT molecular complexity index is 362. The number of amides is 1. The first-order chi connectivity index (χ1) is 7.93. The molecule has 0 aliphatic carbocycles. The van der Waals surface area contributed by atoms with Gasteiger partial charge in [0.05, 0.1) is 10.7 Å². The molecule has 0 aromatic heterocycles. The van der Waals surface area contributed by atoms with Gasteiger partial charge in [-0.2, -0.15) is 0 Å². The van der Waals surface area contributed by atoms with Crippen LogP contribution < -0.4 is 5.73 Å². The van der Waals surface area contributed by atoms with E-state index in [1.807, 2.05) is 7.05 Å². The van der Waals surface area contributed by atoms with Gasteiger partial charge in [-0.3, -0.25) is 9.79 Å². The average molecular weight is 259 g/mol. The van der Waals surface area contributed by atoms with Crippen LogP contribution in [0.3, 0.4) is 0 Å². The summed E-state index contributed by atoms with van der Waals surface area (Å²) < 4.78 is 0. The van der Waals surface area contributed by atoms with Crippen LogP contribution in [-0.2, 0) is 4.79 Å². The monoisotopic (exact) mass is 258 g/mol. The third kappa shape index (κ3) is 3.71. The smallest absolute Gasteiger partial charge is 0.270 e. The van der Waals surface area contributed by atoms with Gasteiger partial charge in [0.15, 0.2) is 0 Å². The summed E-state index contributed by atoms with van der Waals surface area (Å²) in [4.78, 5) is 19.6. The molecule has 1 heterocycles. The minimum atomic E-state index is -0.287. The quantitative estimate of drug-likeness (QED) is 0.723. The molecule has 0 fully saturated rings. The number of hydrogen-bond donors (Lipinski definition) is 1. The molecule has 0 atom stereocenters. The Kier molecular flexibility index (Phi) is 4.96. The molecule has 0 bridgehead atoms. The fourth-order valence-electron chi connectivity index (χ4n) is 1.57. The Morgan fingerprint density at radius 3 is 2.76 bits per heavy atom. The van der Waals surface area contributed by atoms with E-state index in [9.17, 15) is 4.79 Å². The molecular weight excluding hydrogens is 240 g/mol. The number of nitrogens with zero attached hydrogens (tertiary/aromatic N) is 3. The second-order valence-electron chi connectivity index (χ2n) is 4.35. The predicted molar refractivity (Wildman–Crippen MR) is 70.2 cm³/mol. The highest BCUT2D eigenvalue weighted by Crippen LogP contribution is 2.13. The molecule has 1 amide bonds. The van der Waals surface area contributed by atoms with E-state index >= 15 is 0 Å². The van der Waals surface area contributed by atoms with Crippen molar-refractivity contribution in [2.45, 2.75) is 6.42 Å². The molecule has 1 aliphatic rings. The molecule has 96 valence electrons. The van der Waals surface area contributed by atoms with Gasteiger partial charge in [-0.25, -0.2) is 0 Å². The molecule has 5 nitrogen and oxygen atoms in total. The van der Waals surface area contributed by atoms with Gasteiger partial charge in [-0.15, -0.1) is 0 Å². The first-order valence-corrected chi connectivity index (χ1v) is 5.90. The molecule has 0 saturated carbocycles. The van der Waals surface area contributed by atoms with Crippen LogP contribution in [0.25, 0.3) is 0 Å². The van der Waals surface area contributed by atoms with Crippen LogP contribution in [0.1, 0.15) is 6.42 Å².